The minimum atomic E-state index is -1.33. The van der Waals surface area contributed by atoms with Gasteiger partial charge < -0.3 is 10.1 Å². The van der Waals surface area contributed by atoms with Crippen molar-refractivity contribution < 1.29 is 23.5 Å². The summed E-state index contributed by atoms with van der Waals surface area (Å²) in [5.74, 6) is -1.87. The van der Waals surface area contributed by atoms with Gasteiger partial charge in [-0.3, -0.25) is 19.2 Å². The number of benzene rings is 1. The Morgan fingerprint density at radius 3 is 2.48 bits per heavy atom. The van der Waals surface area contributed by atoms with Crippen LogP contribution in [-0.2, 0) is 16.1 Å². The van der Waals surface area contributed by atoms with Crippen LogP contribution in [-0.4, -0.2) is 45.8 Å². The average Bonchev–Trinajstić information content (AvgIpc) is 3.04. The number of fused-ring (bicyclic) bond motifs is 1. The number of amides is 2. The van der Waals surface area contributed by atoms with Crippen molar-refractivity contribution in [1.29, 1.82) is 0 Å². The van der Waals surface area contributed by atoms with Gasteiger partial charge in [0.05, 0.1) is 13.2 Å². The van der Waals surface area contributed by atoms with Gasteiger partial charge in [0.15, 0.2) is 5.69 Å². The zero-order valence-electron chi connectivity index (χ0n) is 19.0. The SMILES string of the molecule is CCOC(=O)c1cc2n(n1)C[C@@](C)(C(=O)NC1CCCCCC1)N(c1ccc(F)cc1)C2=O. The Kier molecular flexibility index (Phi) is 6.49. The molecule has 2 aromatic rings. The number of esters is 1. The van der Waals surface area contributed by atoms with Crippen LogP contribution < -0.4 is 10.2 Å². The first kappa shape index (κ1) is 22.9. The summed E-state index contributed by atoms with van der Waals surface area (Å²) in [7, 11) is 0. The summed E-state index contributed by atoms with van der Waals surface area (Å²) in [6.45, 7) is 3.58. The smallest absolute Gasteiger partial charge is 0.358 e. The molecule has 1 fully saturated rings. The Morgan fingerprint density at radius 1 is 1.18 bits per heavy atom. The second-order valence-electron chi connectivity index (χ2n) is 8.85. The summed E-state index contributed by atoms with van der Waals surface area (Å²) in [4.78, 5) is 40.8. The molecule has 1 saturated carbocycles. The molecule has 2 aliphatic rings. The van der Waals surface area contributed by atoms with E-state index in [9.17, 15) is 18.8 Å². The summed E-state index contributed by atoms with van der Waals surface area (Å²) in [5.41, 5.74) is -0.758. The summed E-state index contributed by atoms with van der Waals surface area (Å²) < 4.78 is 20.0. The molecular formula is C24H29FN4O4. The zero-order chi connectivity index (χ0) is 23.6. The number of rotatable bonds is 5. The van der Waals surface area contributed by atoms with Crippen molar-refractivity contribution in [2.24, 2.45) is 0 Å². The number of hydrogen-bond acceptors (Lipinski definition) is 5. The maximum atomic E-state index is 13.6. The van der Waals surface area contributed by atoms with E-state index in [2.05, 4.69) is 10.4 Å². The molecule has 1 aromatic carbocycles. The first-order chi connectivity index (χ1) is 15.8. The summed E-state index contributed by atoms with van der Waals surface area (Å²) in [6.07, 6.45) is 6.19. The lowest BCUT2D eigenvalue weighted by Gasteiger charge is -2.43. The van der Waals surface area contributed by atoms with Gasteiger partial charge in [0.1, 0.15) is 17.1 Å². The number of aromatic nitrogens is 2. The molecule has 9 heteroatoms. The highest BCUT2D eigenvalue weighted by Gasteiger charge is 2.49. The third kappa shape index (κ3) is 4.49. The van der Waals surface area contributed by atoms with Crippen LogP contribution >= 0.6 is 0 Å². The standard InChI is InChI=1S/C24H29FN4O4/c1-3-33-22(31)19-14-20-21(30)29(18-12-10-16(25)11-13-18)24(2,15-28(20)27-19)23(32)26-17-8-6-4-5-7-9-17/h10-14,17H,3-9,15H2,1-2H3,(H,26,32)/t24-/m0/s1. The number of ether oxygens (including phenoxy) is 1. The molecule has 2 amide bonds. The van der Waals surface area contributed by atoms with Crippen molar-refractivity contribution in [3.63, 3.8) is 0 Å². The number of carbonyl (C=O) groups is 3. The first-order valence-electron chi connectivity index (χ1n) is 11.5. The highest BCUT2D eigenvalue weighted by molar-refractivity contribution is 6.12. The van der Waals surface area contributed by atoms with Crippen LogP contribution in [0.15, 0.2) is 30.3 Å². The Bertz CT molecular complexity index is 1040. The third-order valence-electron chi connectivity index (χ3n) is 6.40. The lowest BCUT2D eigenvalue weighted by Crippen LogP contribution is -2.65. The molecule has 8 nitrogen and oxygen atoms in total. The third-order valence-corrected chi connectivity index (χ3v) is 6.40. The van der Waals surface area contributed by atoms with Crippen LogP contribution in [0.4, 0.5) is 10.1 Å². The monoisotopic (exact) mass is 456 g/mol. The van der Waals surface area contributed by atoms with Crippen molar-refractivity contribution in [2.45, 2.75) is 70.5 Å². The molecule has 1 N–H and O–H groups in total. The molecule has 2 heterocycles. The molecule has 4 rings (SSSR count). The van der Waals surface area contributed by atoms with Crippen LogP contribution in [0.1, 0.15) is 73.3 Å². The molecule has 176 valence electrons. The van der Waals surface area contributed by atoms with Crippen LogP contribution in [0.2, 0.25) is 0 Å². The Labute approximate surface area is 192 Å². The number of carbonyl (C=O) groups excluding carboxylic acids is 3. The fraction of sp³-hybridized carbons (Fsp3) is 0.500. The van der Waals surface area contributed by atoms with E-state index in [0.29, 0.717) is 5.69 Å². The zero-order valence-corrected chi connectivity index (χ0v) is 19.0. The molecule has 0 unspecified atom stereocenters. The molecule has 1 aliphatic heterocycles. The van der Waals surface area contributed by atoms with Crippen molar-refractivity contribution >= 4 is 23.5 Å². The molecule has 1 aliphatic carbocycles. The summed E-state index contributed by atoms with van der Waals surface area (Å²) in [5, 5.41) is 7.40. The largest absolute Gasteiger partial charge is 0.461 e. The fourth-order valence-corrected chi connectivity index (χ4v) is 4.65. The van der Waals surface area contributed by atoms with Gasteiger partial charge in [0, 0.05) is 17.8 Å². The maximum Gasteiger partial charge on any atom is 0.358 e. The molecule has 33 heavy (non-hydrogen) atoms. The van der Waals surface area contributed by atoms with Gasteiger partial charge in [-0.15, -0.1) is 0 Å². The molecule has 1 aromatic heterocycles. The molecule has 1 atom stereocenters. The van der Waals surface area contributed by atoms with E-state index in [1.54, 1.807) is 13.8 Å². The Balaban J connectivity index is 1.72. The van der Waals surface area contributed by atoms with Crippen molar-refractivity contribution in [1.82, 2.24) is 15.1 Å². The van der Waals surface area contributed by atoms with Gasteiger partial charge >= 0.3 is 5.97 Å². The van der Waals surface area contributed by atoms with Crippen LogP contribution in [0, 0.1) is 5.82 Å². The van der Waals surface area contributed by atoms with E-state index >= 15 is 0 Å². The molecule has 0 saturated heterocycles. The van der Waals surface area contributed by atoms with E-state index in [1.165, 1.54) is 39.9 Å². The predicted molar refractivity (Wildman–Crippen MR) is 119 cm³/mol. The van der Waals surface area contributed by atoms with Gasteiger partial charge in [0.2, 0.25) is 5.91 Å². The van der Waals surface area contributed by atoms with Gasteiger partial charge in [-0.1, -0.05) is 25.7 Å². The minimum Gasteiger partial charge on any atom is -0.461 e. The van der Waals surface area contributed by atoms with E-state index < -0.39 is 23.2 Å². The topological polar surface area (TPSA) is 93.5 Å². The number of anilines is 1. The number of nitrogens with zero attached hydrogens (tertiary/aromatic N) is 3. The van der Waals surface area contributed by atoms with Crippen LogP contribution in [0.25, 0.3) is 0 Å². The minimum absolute atomic E-state index is 0.00711. The average molecular weight is 457 g/mol. The van der Waals surface area contributed by atoms with Crippen LogP contribution in [0.5, 0.6) is 0 Å². The fourth-order valence-electron chi connectivity index (χ4n) is 4.65. The van der Waals surface area contributed by atoms with E-state index in [4.69, 9.17) is 4.74 Å². The lowest BCUT2D eigenvalue weighted by atomic mass is 9.93. The number of nitrogens with one attached hydrogen (secondary N) is 1. The first-order valence-corrected chi connectivity index (χ1v) is 11.5. The molecular weight excluding hydrogens is 427 g/mol. The lowest BCUT2D eigenvalue weighted by molar-refractivity contribution is -0.127. The van der Waals surface area contributed by atoms with Crippen molar-refractivity contribution in [3.05, 3.63) is 47.5 Å². The molecule has 0 radical (unpaired) electrons. The van der Waals surface area contributed by atoms with Crippen molar-refractivity contribution in [3.8, 4) is 0 Å². The second-order valence-corrected chi connectivity index (χ2v) is 8.85. The molecule has 0 bridgehead atoms. The number of halogens is 1. The Morgan fingerprint density at radius 2 is 1.85 bits per heavy atom. The van der Waals surface area contributed by atoms with Gasteiger partial charge in [0.25, 0.3) is 5.91 Å². The van der Waals surface area contributed by atoms with E-state index in [0.717, 1.165) is 38.5 Å². The quantitative estimate of drug-likeness (QED) is 0.549. The highest BCUT2D eigenvalue weighted by Crippen LogP contribution is 2.33. The normalized spacial score (nSPS) is 21.3. The molecule has 0 spiro atoms. The van der Waals surface area contributed by atoms with Gasteiger partial charge in [-0.05, 0) is 51.0 Å². The van der Waals surface area contributed by atoms with Gasteiger partial charge in [-0.25, -0.2) is 9.18 Å². The van der Waals surface area contributed by atoms with Crippen LogP contribution in [0.3, 0.4) is 0 Å². The number of hydrogen-bond donors (Lipinski definition) is 1. The predicted octanol–water partition coefficient (Wildman–Crippen LogP) is 3.46. The summed E-state index contributed by atoms with van der Waals surface area (Å²) >= 11 is 0. The van der Waals surface area contributed by atoms with E-state index in [1.807, 2.05) is 0 Å². The maximum absolute atomic E-state index is 13.6. The second kappa shape index (κ2) is 9.33. The Hall–Kier alpha value is -3.23. The van der Waals surface area contributed by atoms with Crippen molar-refractivity contribution in [2.75, 3.05) is 11.5 Å². The van der Waals surface area contributed by atoms with Gasteiger partial charge in [-0.2, -0.15) is 5.10 Å². The highest BCUT2D eigenvalue weighted by atomic mass is 19.1. The van der Waals surface area contributed by atoms with E-state index in [-0.39, 0.29) is 36.5 Å². The summed E-state index contributed by atoms with van der Waals surface area (Å²) in [6, 6.07) is 6.87.